The SMILES string of the molecule is C[C@@]12CCC(=O)C[C@]1(O)CCC2=O. The van der Waals surface area contributed by atoms with Gasteiger partial charge in [0.05, 0.1) is 11.0 Å². The molecule has 0 aromatic heterocycles. The first-order valence-electron chi connectivity index (χ1n) is 4.75. The van der Waals surface area contributed by atoms with E-state index in [2.05, 4.69) is 0 Å². The Bertz CT molecular complexity index is 284. The van der Waals surface area contributed by atoms with Gasteiger partial charge in [-0.05, 0) is 19.8 Å². The summed E-state index contributed by atoms with van der Waals surface area (Å²) in [6, 6.07) is 0. The molecule has 2 atom stereocenters. The highest BCUT2D eigenvalue weighted by Crippen LogP contribution is 2.51. The summed E-state index contributed by atoms with van der Waals surface area (Å²) in [4.78, 5) is 22.8. The zero-order chi connectivity index (χ0) is 9.69. The average Bonchev–Trinajstić information content (AvgIpc) is 2.28. The summed E-state index contributed by atoms with van der Waals surface area (Å²) in [7, 11) is 0. The Morgan fingerprint density at radius 2 is 1.92 bits per heavy atom. The van der Waals surface area contributed by atoms with E-state index in [0.29, 0.717) is 25.7 Å². The third kappa shape index (κ3) is 0.998. The van der Waals surface area contributed by atoms with Crippen molar-refractivity contribution in [1.82, 2.24) is 0 Å². The van der Waals surface area contributed by atoms with Gasteiger partial charge in [-0.2, -0.15) is 0 Å². The molecule has 3 nitrogen and oxygen atoms in total. The Balaban J connectivity index is 2.37. The van der Waals surface area contributed by atoms with E-state index >= 15 is 0 Å². The van der Waals surface area contributed by atoms with Crippen molar-refractivity contribution in [3.05, 3.63) is 0 Å². The monoisotopic (exact) mass is 182 g/mol. The molecule has 0 aliphatic heterocycles. The van der Waals surface area contributed by atoms with Crippen LogP contribution in [0.3, 0.4) is 0 Å². The van der Waals surface area contributed by atoms with Gasteiger partial charge in [0.15, 0.2) is 0 Å². The summed E-state index contributed by atoms with van der Waals surface area (Å²) >= 11 is 0. The molecule has 0 heterocycles. The molecule has 0 unspecified atom stereocenters. The van der Waals surface area contributed by atoms with Crippen LogP contribution in [0.4, 0.5) is 0 Å². The van der Waals surface area contributed by atoms with E-state index in [9.17, 15) is 14.7 Å². The second kappa shape index (κ2) is 2.41. The zero-order valence-corrected chi connectivity index (χ0v) is 7.80. The lowest BCUT2D eigenvalue weighted by Gasteiger charge is -2.41. The third-order valence-corrected chi connectivity index (χ3v) is 3.80. The van der Waals surface area contributed by atoms with Crippen molar-refractivity contribution >= 4 is 11.6 Å². The van der Waals surface area contributed by atoms with Crippen molar-refractivity contribution in [1.29, 1.82) is 0 Å². The van der Waals surface area contributed by atoms with Crippen LogP contribution in [0.5, 0.6) is 0 Å². The summed E-state index contributed by atoms with van der Waals surface area (Å²) in [5.41, 5.74) is -1.67. The Hall–Kier alpha value is -0.700. The van der Waals surface area contributed by atoms with Crippen molar-refractivity contribution < 1.29 is 14.7 Å². The number of hydrogen-bond donors (Lipinski definition) is 1. The fourth-order valence-corrected chi connectivity index (χ4v) is 2.59. The molecular weight excluding hydrogens is 168 g/mol. The molecule has 0 spiro atoms. The van der Waals surface area contributed by atoms with Crippen LogP contribution in [0.2, 0.25) is 0 Å². The minimum absolute atomic E-state index is 0.0923. The number of Topliss-reactive ketones (excluding diaryl/α,β-unsaturated/α-hetero) is 2. The molecule has 1 N–H and O–H groups in total. The van der Waals surface area contributed by atoms with Crippen LogP contribution in [-0.2, 0) is 9.59 Å². The Kier molecular flexibility index (Phi) is 1.65. The highest BCUT2D eigenvalue weighted by molar-refractivity contribution is 5.93. The lowest BCUT2D eigenvalue weighted by Crippen LogP contribution is -2.50. The van der Waals surface area contributed by atoms with Crippen molar-refractivity contribution in [2.24, 2.45) is 5.41 Å². The van der Waals surface area contributed by atoms with E-state index < -0.39 is 11.0 Å². The van der Waals surface area contributed by atoms with E-state index in [1.165, 1.54) is 0 Å². The van der Waals surface area contributed by atoms with Crippen molar-refractivity contribution in [2.45, 2.75) is 44.6 Å². The number of carbonyl (C=O) groups excluding carboxylic acids is 2. The molecule has 2 rings (SSSR count). The summed E-state index contributed by atoms with van der Waals surface area (Å²) in [5, 5.41) is 10.2. The lowest BCUT2D eigenvalue weighted by molar-refractivity contribution is -0.148. The largest absolute Gasteiger partial charge is 0.388 e. The van der Waals surface area contributed by atoms with Crippen LogP contribution < -0.4 is 0 Å². The molecule has 0 aromatic carbocycles. The van der Waals surface area contributed by atoms with E-state index in [0.717, 1.165) is 0 Å². The van der Waals surface area contributed by atoms with E-state index in [-0.39, 0.29) is 18.0 Å². The molecule has 0 saturated heterocycles. The number of hydrogen-bond acceptors (Lipinski definition) is 3. The van der Waals surface area contributed by atoms with Gasteiger partial charge in [0.1, 0.15) is 11.6 Å². The predicted molar refractivity (Wildman–Crippen MR) is 46.2 cm³/mol. The molecule has 13 heavy (non-hydrogen) atoms. The van der Waals surface area contributed by atoms with Crippen LogP contribution in [0.1, 0.15) is 39.0 Å². The molecule has 72 valence electrons. The van der Waals surface area contributed by atoms with Gasteiger partial charge in [-0.25, -0.2) is 0 Å². The van der Waals surface area contributed by atoms with E-state index in [1.807, 2.05) is 0 Å². The smallest absolute Gasteiger partial charge is 0.141 e. The molecule has 2 aliphatic carbocycles. The summed E-state index contributed by atoms with van der Waals surface area (Å²) < 4.78 is 0. The molecule has 0 amide bonds. The van der Waals surface area contributed by atoms with Gasteiger partial charge in [0, 0.05) is 19.3 Å². The normalized spacial score (nSPS) is 45.1. The number of ketones is 2. The number of rotatable bonds is 0. The summed E-state index contributed by atoms with van der Waals surface area (Å²) in [6.07, 6.45) is 2.05. The number of carbonyl (C=O) groups is 2. The van der Waals surface area contributed by atoms with Gasteiger partial charge in [0.25, 0.3) is 0 Å². The first-order chi connectivity index (χ1) is 5.98. The molecule has 2 aliphatic rings. The van der Waals surface area contributed by atoms with Gasteiger partial charge in [-0.3, -0.25) is 9.59 Å². The minimum atomic E-state index is -1.03. The van der Waals surface area contributed by atoms with Gasteiger partial charge >= 0.3 is 0 Å². The molecule has 0 radical (unpaired) electrons. The third-order valence-electron chi connectivity index (χ3n) is 3.80. The maximum Gasteiger partial charge on any atom is 0.141 e. The lowest BCUT2D eigenvalue weighted by atomic mass is 9.65. The maximum atomic E-state index is 11.6. The van der Waals surface area contributed by atoms with Crippen LogP contribution in [-0.4, -0.2) is 22.3 Å². The molecule has 0 bridgehead atoms. The highest BCUT2D eigenvalue weighted by atomic mass is 16.3. The topological polar surface area (TPSA) is 54.4 Å². The predicted octanol–water partition coefficient (Wildman–Crippen LogP) is 0.840. The molecule has 2 fully saturated rings. The van der Waals surface area contributed by atoms with Crippen molar-refractivity contribution in [2.75, 3.05) is 0 Å². The molecular formula is C10H14O3. The molecule has 3 heteroatoms. The van der Waals surface area contributed by atoms with E-state index in [4.69, 9.17) is 0 Å². The molecule has 2 saturated carbocycles. The average molecular weight is 182 g/mol. The first-order valence-corrected chi connectivity index (χ1v) is 4.75. The molecule has 0 aromatic rings. The van der Waals surface area contributed by atoms with Crippen LogP contribution in [0.15, 0.2) is 0 Å². The van der Waals surface area contributed by atoms with Crippen LogP contribution in [0.25, 0.3) is 0 Å². The van der Waals surface area contributed by atoms with Gasteiger partial charge < -0.3 is 5.11 Å². The van der Waals surface area contributed by atoms with Crippen molar-refractivity contribution in [3.8, 4) is 0 Å². The first kappa shape index (κ1) is 8.88. The second-order valence-electron chi connectivity index (χ2n) is 4.50. The maximum absolute atomic E-state index is 11.6. The van der Waals surface area contributed by atoms with Crippen molar-refractivity contribution in [3.63, 3.8) is 0 Å². The Labute approximate surface area is 77.1 Å². The van der Waals surface area contributed by atoms with Gasteiger partial charge in [-0.15, -0.1) is 0 Å². The minimum Gasteiger partial charge on any atom is -0.388 e. The zero-order valence-electron chi connectivity index (χ0n) is 7.80. The number of aliphatic hydroxyl groups is 1. The van der Waals surface area contributed by atoms with Gasteiger partial charge in [0.2, 0.25) is 0 Å². The standard InChI is InChI=1S/C10H14O3/c1-9-4-2-7(11)6-10(9,13)5-3-8(9)12/h13H,2-6H2,1H3/t9-,10+/m0/s1. The number of fused-ring (bicyclic) bond motifs is 1. The van der Waals surface area contributed by atoms with E-state index in [1.54, 1.807) is 6.92 Å². The highest BCUT2D eigenvalue weighted by Gasteiger charge is 2.58. The fourth-order valence-electron chi connectivity index (χ4n) is 2.59. The summed E-state index contributed by atoms with van der Waals surface area (Å²) in [5.74, 6) is 0.220. The Morgan fingerprint density at radius 3 is 2.62 bits per heavy atom. The second-order valence-corrected chi connectivity index (χ2v) is 4.50. The fraction of sp³-hybridized carbons (Fsp3) is 0.800. The van der Waals surface area contributed by atoms with Gasteiger partial charge in [-0.1, -0.05) is 0 Å². The summed E-state index contributed by atoms with van der Waals surface area (Å²) in [6.45, 7) is 1.80. The quantitative estimate of drug-likeness (QED) is 0.604. The van der Waals surface area contributed by atoms with Crippen LogP contribution in [0, 0.1) is 5.41 Å². The Morgan fingerprint density at radius 1 is 1.23 bits per heavy atom. The van der Waals surface area contributed by atoms with Crippen LogP contribution >= 0.6 is 0 Å².